The van der Waals surface area contributed by atoms with Gasteiger partial charge in [-0.1, -0.05) is 54.6 Å². The van der Waals surface area contributed by atoms with Crippen molar-refractivity contribution in [3.8, 4) is 11.4 Å². The molecule has 1 amide bonds. The van der Waals surface area contributed by atoms with Gasteiger partial charge < -0.3 is 9.88 Å². The molecule has 6 heteroatoms. The van der Waals surface area contributed by atoms with E-state index in [1.807, 2.05) is 78.3 Å². The quantitative estimate of drug-likeness (QED) is 0.441. The molecule has 0 spiro atoms. The number of hydrogen-bond donors (Lipinski definition) is 1. The standard InChI is InChI=1S/C24H21N3O2S/c1-27-21-13-6-5-12-20(21)26-24(27)18-10-7-11-19(14-18)25-23(29)16-30-15-22(28)17-8-3-2-4-9-17/h2-14H,15-16H2,1H3,(H,25,29). The van der Waals surface area contributed by atoms with E-state index in [1.54, 1.807) is 12.1 Å². The van der Waals surface area contributed by atoms with Crippen LogP contribution in [0.1, 0.15) is 10.4 Å². The lowest BCUT2D eigenvalue weighted by atomic mass is 10.2. The normalized spacial score (nSPS) is 10.8. The summed E-state index contributed by atoms with van der Waals surface area (Å²) in [4.78, 5) is 29.2. The fraction of sp³-hybridized carbons (Fsp3) is 0.125. The smallest absolute Gasteiger partial charge is 0.234 e. The Balaban J connectivity index is 1.38. The van der Waals surface area contributed by atoms with E-state index in [1.165, 1.54) is 11.8 Å². The lowest BCUT2D eigenvalue weighted by molar-refractivity contribution is -0.113. The van der Waals surface area contributed by atoms with Crippen LogP contribution in [0.4, 0.5) is 5.69 Å². The molecule has 1 N–H and O–H groups in total. The number of carbonyl (C=O) groups is 2. The average Bonchev–Trinajstić information content (AvgIpc) is 3.11. The third kappa shape index (κ3) is 4.44. The van der Waals surface area contributed by atoms with E-state index in [0.717, 1.165) is 22.4 Å². The van der Waals surface area contributed by atoms with Crippen molar-refractivity contribution in [2.24, 2.45) is 7.05 Å². The Bertz CT molecular complexity index is 1200. The fourth-order valence-electron chi connectivity index (χ4n) is 3.28. The summed E-state index contributed by atoms with van der Waals surface area (Å²) in [5.74, 6) is 1.22. The van der Waals surface area contributed by atoms with E-state index in [0.29, 0.717) is 11.3 Å². The molecule has 1 heterocycles. The Labute approximate surface area is 179 Å². The van der Waals surface area contributed by atoms with Crippen molar-refractivity contribution in [2.45, 2.75) is 0 Å². The molecular formula is C24H21N3O2S. The summed E-state index contributed by atoms with van der Waals surface area (Å²) in [6, 6.07) is 24.7. The van der Waals surface area contributed by atoms with E-state index in [2.05, 4.69) is 5.32 Å². The maximum atomic E-state index is 12.3. The highest BCUT2D eigenvalue weighted by atomic mass is 32.2. The van der Waals surface area contributed by atoms with Gasteiger partial charge in [-0.25, -0.2) is 4.98 Å². The third-order valence-electron chi connectivity index (χ3n) is 4.75. The molecule has 5 nitrogen and oxygen atoms in total. The number of Topliss-reactive ketones (excluding diaryl/α,β-unsaturated/α-hetero) is 1. The van der Waals surface area contributed by atoms with Crippen LogP contribution >= 0.6 is 11.8 Å². The number of ketones is 1. The van der Waals surface area contributed by atoms with Crippen molar-refractivity contribution in [1.29, 1.82) is 0 Å². The number of carbonyl (C=O) groups excluding carboxylic acids is 2. The minimum Gasteiger partial charge on any atom is -0.327 e. The minimum absolute atomic E-state index is 0.0252. The van der Waals surface area contributed by atoms with E-state index in [4.69, 9.17) is 4.98 Å². The highest BCUT2D eigenvalue weighted by Gasteiger charge is 2.11. The molecular weight excluding hydrogens is 394 g/mol. The molecule has 0 unspecified atom stereocenters. The van der Waals surface area contributed by atoms with Crippen molar-refractivity contribution >= 4 is 40.2 Å². The number of aryl methyl sites for hydroxylation is 1. The zero-order chi connectivity index (χ0) is 20.9. The van der Waals surface area contributed by atoms with Crippen LogP contribution in [-0.2, 0) is 11.8 Å². The molecule has 0 atom stereocenters. The van der Waals surface area contributed by atoms with Gasteiger partial charge in [-0.15, -0.1) is 11.8 Å². The Morgan fingerprint density at radius 2 is 1.70 bits per heavy atom. The Morgan fingerprint density at radius 1 is 0.933 bits per heavy atom. The molecule has 30 heavy (non-hydrogen) atoms. The predicted octanol–water partition coefficient (Wildman–Crippen LogP) is 4.79. The number of thioether (sulfide) groups is 1. The number of amides is 1. The molecule has 4 rings (SSSR count). The van der Waals surface area contributed by atoms with Gasteiger partial charge in [0.1, 0.15) is 5.82 Å². The number of nitrogens with one attached hydrogen (secondary N) is 1. The summed E-state index contributed by atoms with van der Waals surface area (Å²) < 4.78 is 2.04. The predicted molar refractivity (Wildman–Crippen MR) is 123 cm³/mol. The number of aromatic nitrogens is 2. The van der Waals surface area contributed by atoms with E-state index < -0.39 is 0 Å². The van der Waals surface area contributed by atoms with Gasteiger partial charge in [0.2, 0.25) is 5.91 Å². The molecule has 0 bridgehead atoms. The number of hydrogen-bond acceptors (Lipinski definition) is 4. The van der Waals surface area contributed by atoms with Crippen molar-refractivity contribution in [2.75, 3.05) is 16.8 Å². The van der Waals surface area contributed by atoms with Crippen molar-refractivity contribution in [1.82, 2.24) is 9.55 Å². The van der Waals surface area contributed by atoms with Crippen molar-refractivity contribution < 1.29 is 9.59 Å². The molecule has 0 saturated heterocycles. The highest BCUT2D eigenvalue weighted by Crippen LogP contribution is 2.25. The van der Waals surface area contributed by atoms with Gasteiger partial charge >= 0.3 is 0 Å². The van der Waals surface area contributed by atoms with Gasteiger partial charge in [0.15, 0.2) is 5.78 Å². The van der Waals surface area contributed by atoms with Crippen LogP contribution in [0, 0.1) is 0 Å². The molecule has 1 aromatic heterocycles. The number of fused-ring (bicyclic) bond motifs is 1. The maximum Gasteiger partial charge on any atom is 0.234 e. The summed E-state index contributed by atoms with van der Waals surface area (Å²) in [7, 11) is 1.98. The van der Waals surface area contributed by atoms with E-state index in [9.17, 15) is 9.59 Å². The summed E-state index contributed by atoms with van der Waals surface area (Å²) in [6.07, 6.45) is 0. The van der Waals surface area contributed by atoms with Crippen LogP contribution in [0.3, 0.4) is 0 Å². The largest absolute Gasteiger partial charge is 0.327 e. The Morgan fingerprint density at radius 3 is 2.50 bits per heavy atom. The number of benzene rings is 3. The maximum absolute atomic E-state index is 12.3. The molecule has 0 aliphatic carbocycles. The van der Waals surface area contributed by atoms with Gasteiger partial charge in [0, 0.05) is 23.9 Å². The second-order valence-corrected chi connectivity index (χ2v) is 7.88. The first kappa shape index (κ1) is 19.9. The molecule has 0 saturated carbocycles. The first-order valence-corrected chi connectivity index (χ1v) is 10.7. The monoisotopic (exact) mass is 415 g/mol. The summed E-state index contributed by atoms with van der Waals surface area (Å²) >= 11 is 1.31. The van der Waals surface area contributed by atoms with Crippen LogP contribution in [0.5, 0.6) is 0 Å². The van der Waals surface area contributed by atoms with Crippen molar-refractivity contribution in [3.63, 3.8) is 0 Å². The topological polar surface area (TPSA) is 64.0 Å². The summed E-state index contributed by atoms with van der Waals surface area (Å²) in [6.45, 7) is 0. The zero-order valence-electron chi connectivity index (χ0n) is 16.5. The second kappa shape index (κ2) is 8.97. The van der Waals surface area contributed by atoms with Gasteiger partial charge in [-0.3, -0.25) is 9.59 Å². The van der Waals surface area contributed by atoms with Crippen LogP contribution in [0.2, 0.25) is 0 Å². The molecule has 4 aromatic rings. The fourth-order valence-corrected chi connectivity index (χ4v) is 3.99. The molecule has 0 aliphatic heterocycles. The molecule has 0 fully saturated rings. The first-order valence-electron chi connectivity index (χ1n) is 9.59. The lowest BCUT2D eigenvalue weighted by Gasteiger charge is -2.08. The van der Waals surface area contributed by atoms with Gasteiger partial charge in [-0.05, 0) is 24.3 Å². The first-order chi connectivity index (χ1) is 14.6. The lowest BCUT2D eigenvalue weighted by Crippen LogP contribution is -2.15. The van der Waals surface area contributed by atoms with Gasteiger partial charge in [0.25, 0.3) is 0 Å². The SMILES string of the molecule is Cn1c(-c2cccc(NC(=O)CSCC(=O)c3ccccc3)c2)nc2ccccc21. The van der Waals surface area contributed by atoms with Crippen molar-refractivity contribution in [3.05, 3.63) is 84.4 Å². The third-order valence-corrected chi connectivity index (χ3v) is 5.69. The average molecular weight is 416 g/mol. The van der Waals surface area contributed by atoms with E-state index >= 15 is 0 Å². The minimum atomic E-state index is -0.136. The summed E-state index contributed by atoms with van der Waals surface area (Å²) in [5, 5.41) is 2.91. The Kier molecular flexibility index (Phi) is 5.95. The van der Waals surface area contributed by atoms with Gasteiger partial charge in [-0.2, -0.15) is 0 Å². The molecule has 3 aromatic carbocycles. The van der Waals surface area contributed by atoms with Crippen LogP contribution in [0.25, 0.3) is 22.4 Å². The number of para-hydroxylation sites is 2. The number of nitrogens with zero attached hydrogens (tertiary/aromatic N) is 2. The van der Waals surface area contributed by atoms with Crippen LogP contribution in [0.15, 0.2) is 78.9 Å². The molecule has 0 radical (unpaired) electrons. The molecule has 0 aliphatic rings. The van der Waals surface area contributed by atoms with Crippen LogP contribution < -0.4 is 5.32 Å². The number of rotatable bonds is 7. The van der Waals surface area contributed by atoms with Crippen LogP contribution in [-0.4, -0.2) is 32.7 Å². The Hall–Kier alpha value is -3.38. The zero-order valence-corrected chi connectivity index (χ0v) is 17.4. The highest BCUT2D eigenvalue weighted by molar-refractivity contribution is 8.00. The number of imidazole rings is 1. The second-order valence-electron chi connectivity index (χ2n) is 6.89. The summed E-state index contributed by atoms with van der Waals surface area (Å²) in [5.41, 5.74) is 4.30. The van der Waals surface area contributed by atoms with E-state index in [-0.39, 0.29) is 23.2 Å². The number of anilines is 1. The molecule has 150 valence electrons. The van der Waals surface area contributed by atoms with Gasteiger partial charge in [0.05, 0.1) is 22.5 Å².